The highest BCUT2D eigenvalue weighted by Gasteiger charge is 2.04. The van der Waals surface area contributed by atoms with Crippen molar-refractivity contribution in [2.45, 2.75) is 7.43 Å². The lowest BCUT2D eigenvalue weighted by atomic mass is 10.5. The fourth-order valence-electron chi connectivity index (χ4n) is 0.387. The second-order valence-corrected chi connectivity index (χ2v) is 2.82. The second kappa shape index (κ2) is 3.45. The minimum Gasteiger partial charge on any atom is -0.544 e. The lowest BCUT2D eigenvalue weighted by molar-refractivity contribution is -0.864. The highest BCUT2D eigenvalue weighted by atomic mass is 16.4. The van der Waals surface area contributed by atoms with E-state index in [1.54, 1.807) is 21.1 Å². The molecule has 0 aromatic carbocycles. The third-order valence-corrected chi connectivity index (χ3v) is 0.603. The standard InChI is InChI=1S/C5H11NO2.CH4/c1-6(2,3)4-5(7)8;/h4H2,1-3H3;1H4. The second-order valence-electron chi connectivity index (χ2n) is 2.82. The fraction of sp³-hybridized carbons (Fsp3) is 0.833. The van der Waals surface area contributed by atoms with Crippen LogP contribution in [0, 0.1) is 0 Å². The van der Waals surface area contributed by atoms with Crippen molar-refractivity contribution < 1.29 is 14.4 Å². The van der Waals surface area contributed by atoms with Crippen LogP contribution in [0.3, 0.4) is 0 Å². The first-order valence-corrected chi connectivity index (χ1v) is 2.42. The van der Waals surface area contributed by atoms with E-state index in [2.05, 4.69) is 0 Å². The van der Waals surface area contributed by atoms with Gasteiger partial charge in [0.2, 0.25) is 0 Å². The molecule has 0 rings (SSSR count). The summed E-state index contributed by atoms with van der Waals surface area (Å²) >= 11 is 0. The van der Waals surface area contributed by atoms with Crippen molar-refractivity contribution in [3.05, 3.63) is 0 Å². The van der Waals surface area contributed by atoms with E-state index in [-0.39, 0.29) is 14.0 Å². The van der Waals surface area contributed by atoms with Gasteiger partial charge in [-0.2, -0.15) is 0 Å². The molecule has 3 nitrogen and oxygen atoms in total. The number of quaternary nitrogens is 1. The zero-order valence-electron chi connectivity index (χ0n) is 5.47. The van der Waals surface area contributed by atoms with Crippen molar-refractivity contribution in [3.8, 4) is 0 Å². The van der Waals surface area contributed by atoms with E-state index >= 15 is 0 Å². The minimum atomic E-state index is -1.00. The van der Waals surface area contributed by atoms with Gasteiger partial charge in [0, 0.05) is 0 Å². The summed E-state index contributed by atoms with van der Waals surface area (Å²) in [5.74, 6) is -1.00. The SMILES string of the molecule is C.C[N+](C)(C)CC(=O)[O-]. The van der Waals surface area contributed by atoms with Gasteiger partial charge in [-0.1, -0.05) is 7.43 Å². The molecule has 0 bridgehead atoms. The summed E-state index contributed by atoms with van der Waals surface area (Å²) in [5.41, 5.74) is 0. The zero-order chi connectivity index (χ0) is 6.78. The Morgan fingerprint density at radius 1 is 1.44 bits per heavy atom. The molecule has 0 radical (unpaired) electrons. The largest absolute Gasteiger partial charge is 0.544 e. The average Bonchev–Trinajstić information content (AvgIpc) is 1.21. The Hall–Kier alpha value is -0.570. The van der Waals surface area contributed by atoms with Crippen LogP contribution in [0.25, 0.3) is 0 Å². The molecule has 0 aliphatic heterocycles. The summed E-state index contributed by atoms with van der Waals surface area (Å²) in [7, 11) is 5.40. The molecule has 0 atom stereocenters. The Bertz CT molecular complexity index is 93.7. The molecule has 0 aromatic heterocycles. The predicted octanol–water partition coefficient (Wildman–Crippen LogP) is -0.921. The van der Waals surface area contributed by atoms with Gasteiger partial charge in [0.05, 0.1) is 27.1 Å². The average molecular weight is 133 g/mol. The molecule has 0 saturated carbocycles. The molecule has 0 unspecified atom stereocenters. The molecule has 0 N–H and O–H groups in total. The Labute approximate surface area is 56.5 Å². The fourth-order valence-corrected chi connectivity index (χ4v) is 0.387. The number of carboxylic acid groups (broad SMARTS) is 1. The molecule has 0 aliphatic carbocycles. The molecule has 3 heteroatoms. The number of aliphatic carboxylic acids is 1. The van der Waals surface area contributed by atoms with Gasteiger partial charge < -0.3 is 14.4 Å². The van der Waals surface area contributed by atoms with Gasteiger partial charge in [0.15, 0.2) is 0 Å². The van der Waals surface area contributed by atoms with Gasteiger partial charge in [0.1, 0.15) is 6.54 Å². The molecular formula is C6H15NO2. The van der Waals surface area contributed by atoms with Crippen LogP contribution in [-0.4, -0.2) is 38.1 Å². The summed E-state index contributed by atoms with van der Waals surface area (Å²) in [4.78, 5) is 9.89. The van der Waals surface area contributed by atoms with Crippen LogP contribution >= 0.6 is 0 Å². The van der Waals surface area contributed by atoms with Crippen molar-refractivity contribution >= 4 is 5.97 Å². The molecule has 0 heterocycles. The molecule has 0 saturated heterocycles. The van der Waals surface area contributed by atoms with E-state index in [9.17, 15) is 9.90 Å². The topological polar surface area (TPSA) is 40.1 Å². The van der Waals surface area contributed by atoms with Gasteiger partial charge in [-0.05, 0) is 0 Å². The lowest BCUT2D eigenvalue weighted by Gasteiger charge is -2.23. The molecule has 0 aliphatic rings. The summed E-state index contributed by atoms with van der Waals surface area (Å²) in [6, 6.07) is 0. The third-order valence-electron chi connectivity index (χ3n) is 0.603. The highest BCUT2D eigenvalue weighted by Crippen LogP contribution is 1.84. The third kappa shape index (κ3) is 11.2. The molecular weight excluding hydrogens is 118 g/mol. The van der Waals surface area contributed by atoms with Crippen LogP contribution in [0.4, 0.5) is 0 Å². The van der Waals surface area contributed by atoms with Gasteiger partial charge in [-0.3, -0.25) is 0 Å². The number of carbonyl (C=O) groups is 1. The number of hydrogen-bond acceptors (Lipinski definition) is 2. The Kier molecular flexibility index (Phi) is 4.32. The van der Waals surface area contributed by atoms with Crippen LogP contribution < -0.4 is 5.11 Å². The van der Waals surface area contributed by atoms with Crippen molar-refractivity contribution in [1.82, 2.24) is 0 Å². The van der Waals surface area contributed by atoms with E-state index in [1.165, 1.54) is 0 Å². The summed E-state index contributed by atoms with van der Waals surface area (Å²) in [6.07, 6.45) is 0. The van der Waals surface area contributed by atoms with Crippen LogP contribution in [0.1, 0.15) is 7.43 Å². The number of likely N-dealkylation sites (N-methyl/N-ethyl adjacent to an activating group) is 1. The van der Waals surface area contributed by atoms with Gasteiger partial charge in [0.25, 0.3) is 0 Å². The van der Waals surface area contributed by atoms with E-state index in [1.807, 2.05) is 0 Å². The van der Waals surface area contributed by atoms with Gasteiger partial charge in [-0.15, -0.1) is 0 Å². The van der Waals surface area contributed by atoms with Crippen LogP contribution in [-0.2, 0) is 4.79 Å². The van der Waals surface area contributed by atoms with E-state index < -0.39 is 5.97 Å². The smallest absolute Gasteiger partial charge is 0.118 e. The van der Waals surface area contributed by atoms with E-state index in [4.69, 9.17) is 0 Å². The maximum absolute atomic E-state index is 9.89. The first kappa shape index (κ1) is 11.3. The van der Waals surface area contributed by atoms with E-state index in [0.717, 1.165) is 0 Å². The molecule has 56 valence electrons. The molecule has 0 spiro atoms. The minimum absolute atomic E-state index is 0. The van der Waals surface area contributed by atoms with Gasteiger partial charge >= 0.3 is 0 Å². The first-order valence-electron chi connectivity index (χ1n) is 2.42. The summed E-state index contributed by atoms with van der Waals surface area (Å²) < 4.78 is 0.419. The zero-order valence-corrected chi connectivity index (χ0v) is 5.47. The number of nitrogens with zero attached hydrogens (tertiary/aromatic N) is 1. The van der Waals surface area contributed by atoms with E-state index in [0.29, 0.717) is 4.48 Å². The Morgan fingerprint density at radius 2 is 1.78 bits per heavy atom. The maximum Gasteiger partial charge on any atom is 0.118 e. The number of carboxylic acids is 1. The van der Waals surface area contributed by atoms with Crippen LogP contribution in [0.15, 0.2) is 0 Å². The summed E-state index contributed by atoms with van der Waals surface area (Å²) in [5, 5.41) is 9.89. The maximum atomic E-state index is 9.89. The van der Waals surface area contributed by atoms with Crippen molar-refractivity contribution in [2.24, 2.45) is 0 Å². The van der Waals surface area contributed by atoms with Crippen molar-refractivity contribution in [1.29, 1.82) is 0 Å². The van der Waals surface area contributed by atoms with Crippen LogP contribution in [0.2, 0.25) is 0 Å². The Morgan fingerprint density at radius 3 is 1.78 bits per heavy atom. The predicted molar refractivity (Wildman–Crippen MR) is 34.6 cm³/mol. The van der Waals surface area contributed by atoms with Crippen molar-refractivity contribution in [2.75, 3.05) is 27.7 Å². The molecule has 9 heavy (non-hydrogen) atoms. The quantitative estimate of drug-likeness (QED) is 0.457. The normalized spacial score (nSPS) is 10.1. The summed E-state index contributed by atoms with van der Waals surface area (Å²) in [6.45, 7) is 0.0694. The monoisotopic (exact) mass is 133 g/mol. The van der Waals surface area contributed by atoms with Gasteiger partial charge in [-0.25, -0.2) is 0 Å². The highest BCUT2D eigenvalue weighted by molar-refractivity contribution is 5.65. The molecule has 0 fully saturated rings. The lowest BCUT2D eigenvalue weighted by Crippen LogP contribution is -2.45. The molecule has 0 aromatic rings. The number of rotatable bonds is 2. The number of carbonyl (C=O) groups excluding carboxylic acids is 1. The van der Waals surface area contributed by atoms with Crippen LogP contribution in [0.5, 0.6) is 0 Å². The number of hydrogen-bond donors (Lipinski definition) is 0. The Balaban J connectivity index is 0. The molecule has 0 amide bonds. The first-order chi connectivity index (χ1) is 3.42. The van der Waals surface area contributed by atoms with Crippen molar-refractivity contribution in [3.63, 3.8) is 0 Å².